The van der Waals surface area contributed by atoms with Gasteiger partial charge in [0.2, 0.25) is 0 Å². The Hall–Kier alpha value is 1.11. The molecule has 0 N–H and O–H groups in total. The van der Waals surface area contributed by atoms with Gasteiger partial charge in [0, 0.05) is 0 Å². The third-order valence-corrected chi connectivity index (χ3v) is 13.5. The molecule has 0 aliphatic rings. The van der Waals surface area contributed by atoms with E-state index in [0.29, 0.717) is 0 Å². The van der Waals surface area contributed by atoms with Crippen LogP contribution in [-0.2, 0) is 0 Å². The van der Waals surface area contributed by atoms with Crippen molar-refractivity contribution in [2.45, 2.75) is 4.33 Å². The average Bonchev–Trinajstić information content (AvgIpc) is 1.98. The van der Waals surface area contributed by atoms with E-state index in [-0.39, 0.29) is 0 Å². The van der Waals surface area contributed by atoms with Crippen LogP contribution in [0.25, 0.3) is 0 Å². The van der Waals surface area contributed by atoms with Crippen molar-refractivity contribution in [3.05, 3.63) is 0 Å². The number of hydrogen-bond acceptors (Lipinski definition) is 3. The Morgan fingerprint density at radius 2 is 1.07 bits per heavy atom. The van der Waals surface area contributed by atoms with Crippen molar-refractivity contribution in [2.24, 2.45) is 0 Å². The van der Waals surface area contributed by atoms with Crippen molar-refractivity contribution >= 4 is 40.9 Å². The van der Waals surface area contributed by atoms with Gasteiger partial charge in [0.25, 0.3) is 0 Å². The molecule has 15 heavy (non-hydrogen) atoms. The quantitative estimate of drug-likeness (QED) is 0.583. The molecule has 0 saturated heterocycles. The first-order chi connectivity index (χ1) is 6.41. The Labute approximate surface area is 106 Å². The summed E-state index contributed by atoms with van der Waals surface area (Å²) < 4.78 is 16.3. The molecule has 0 atom stereocenters. The Balaban J connectivity index is 5.95. The van der Waals surface area contributed by atoms with Crippen molar-refractivity contribution in [1.29, 1.82) is 0 Å². The van der Waals surface area contributed by atoms with E-state index in [1.54, 1.807) is 56.3 Å². The second-order valence-electron chi connectivity index (χ2n) is 3.89. The zero-order chi connectivity index (χ0) is 12.7. The summed E-state index contributed by atoms with van der Waals surface area (Å²) in [4.78, 5) is 0. The molecule has 0 aliphatic carbocycles. The zero-order valence-electron chi connectivity index (χ0n) is 9.80. The molecule has 0 aromatic rings. The number of halogens is 4. The van der Waals surface area contributed by atoms with Crippen LogP contribution in [0.2, 0.25) is 0 Å². The number of rotatable bonds is 4. The molecule has 8 heteroatoms. The molecule has 3 nitrogen and oxygen atoms in total. The maximum absolute atomic E-state index is 14.2. The molecular formula is C7H18Cl3FN3P. The van der Waals surface area contributed by atoms with Crippen molar-refractivity contribution in [1.82, 2.24) is 14.0 Å². The predicted molar refractivity (Wildman–Crippen MR) is 69.4 cm³/mol. The van der Waals surface area contributed by atoms with Crippen molar-refractivity contribution in [3.63, 3.8) is 0 Å². The molecule has 0 aromatic carbocycles. The molecule has 0 rings (SSSR count). The molecule has 0 heterocycles. The molecule has 0 amide bonds. The second-order valence-corrected chi connectivity index (χ2v) is 12.3. The van der Waals surface area contributed by atoms with Gasteiger partial charge in [-0.1, -0.05) is 0 Å². The zero-order valence-corrected chi connectivity index (χ0v) is 13.0. The standard InChI is InChI=1S/C7H18Cl3FN3P/c1-12(2)15(10,13(3)4,14(5)6)7(8,9)11/h1-6H3. The first-order valence-corrected chi connectivity index (χ1v) is 8.00. The van der Waals surface area contributed by atoms with E-state index in [4.69, 9.17) is 34.4 Å². The Bertz CT molecular complexity index is 218. The summed E-state index contributed by atoms with van der Waals surface area (Å²) in [5.74, 6) is 0. The van der Waals surface area contributed by atoms with Gasteiger partial charge < -0.3 is 0 Å². The van der Waals surface area contributed by atoms with Crippen LogP contribution < -0.4 is 0 Å². The van der Waals surface area contributed by atoms with Gasteiger partial charge in [0.05, 0.1) is 0 Å². The van der Waals surface area contributed by atoms with Crippen LogP contribution >= 0.6 is 40.9 Å². The van der Waals surface area contributed by atoms with Crippen molar-refractivity contribution < 1.29 is 4.39 Å². The van der Waals surface area contributed by atoms with Gasteiger partial charge in [-0.2, -0.15) is 0 Å². The first kappa shape index (κ1) is 16.1. The summed E-state index contributed by atoms with van der Waals surface area (Å²) in [5, 5.41) is 0. The number of hydrogen-bond donors (Lipinski definition) is 0. The molecule has 0 aliphatic heterocycles. The van der Waals surface area contributed by atoms with Crippen LogP contribution in [0.1, 0.15) is 0 Å². The van der Waals surface area contributed by atoms with E-state index in [1.165, 1.54) is 0 Å². The summed E-state index contributed by atoms with van der Waals surface area (Å²) >= 11 is 17.9. The second kappa shape index (κ2) is 4.41. The van der Waals surface area contributed by atoms with Gasteiger partial charge in [-0.05, 0) is 0 Å². The van der Waals surface area contributed by atoms with Crippen LogP contribution in [0.15, 0.2) is 0 Å². The van der Waals surface area contributed by atoms with Crippen molar-refractivity contribution in [2.75, 3.05) is 42.3 Å². The average molecular weight is 301 g/mol. The SMILES string of the molecule is CN(C)P(Cl)(N(C)C)(N(C)C)C(F)(Cl)Cl. The van der Waals surface area contributed by atoms with Gasteiger partial charge >= 0.3 is 106 Å². The minimum atomic E-state index is -3.88. The molecule has 0 fully saturated rings. The van der Waals surface area contributed by atoms with E-state index in [0.717, 1.165) is 0 Å². The van der Waals surface area contributed by atoms with Gasteiger partial charge in [-0.15, -0.1) is 0 Å². The molecule has 0 unspecified atom stereocenters. The summed E-state index contributed by atoms with van der Waals surface area (Å²) in [7, 11) is 9.94. The molecule has 0 bridgehead atoms. The van der Waals surface area contributed by atoms with E-state index < -0.39 is 10.7 Å². The summed E-state index contributed by atoms with van der Waals surface area (Å²) in [6.07, 6.45) is -3.88. The first-order valence-electron chi connectivity index (χ1n) is 4.24. The number of nitrogens with zero attached hydrogens (tertiary/aromatic N) is 3. The molecular weight excluding hydrogens is 282 g/mol. The van der Waals surface area contributed by atoms with Gasteiger partial charge in [-0.3, -0.25) is 0 Å². The third-order valence-electron chi connectivity index (χ3n) is 2.56. The Morgan fingerprint density at radius 1 is 0.867 bits per heavy atom. The van der Waals surface area contributed by atoms with Gasteiger partial charge in [-0.25, -0.2) is 0 Å². The van der Waals surface area contributed by atoms with Crippen LogP contribution in [0.4, 0.5) is 4.39 Å². The monoisotopic (exact) mass is 299 g/mol. The topological polar surface area (TPSA) is 9.72 Å². The summed E-state index contributed by atoms with van der Waals surface area (Å²) in [5.41, 5.74) is 0. The van der Waals surface area contributed by atoms with Crippen molar-refractivity contribution in [3.8, 4) is 0 Å². The number of alkyl halides is 3. The van der Waals surface area contributed by atoms with E-state index in [1.807, 2.05) is 0 Å². The normalized spacial score (nSPS) is 17.3. The fourth-order valence-electron chi connectivity index (χ4n) is 1.75. The Kier molecular flexibility index (Phi) is 4.74. The predicted octanol–water partition coefficient (Wildman–Crippen LogP) is 3.18. The third kappa shape index (κ3) is 1.89. The fraction of sp³-hybridized carbons (Fsp3) is 1.00. The molecule has 0 aromatic heterocycles. The van der Waals surface area contributed by atoms with Gasteiger partial charge in [0.15, 0.2) is 0 Å². The van der Waals surface area contributed by atoms with Gasteiger partial charge in [0.1, 0.15) is 0 Å². The maximum atomic E-state index is 14.2. The van der Waals surface area contributed by atoms with Crippen LogP contribution in [0.3, 0.4) is 0 Å². The van der Waals surface area contributed by atoms with E-state index >= 15 is 0 Å². The fourth-order valence-corrected chi connectivity index (χ4v) is 7.98. The summed E-state index contributed by atoms with van der Waals surface area (Å²) in [6, 6.07) is 0. The molecule has 0 saturated carbocycles. The molecule has 0 spiro atoms. The molecule has 94 valence electrons. The summed E-state index contributed by atoms with van der Waals surface area (Å²) in [6.45, 7) is 0. The van der Waals surface area contributed by atoms with Crippen LogP contribution in [0.5, 0.6) is 0 Å². The molecule has 0 radical (unpaired) electrons. The van der Waals surface area contributed by atoms with Crippen LogP contribution in [-0.4, -0.2) is 60.6 Å². The Morgan fingerprint density at radius 3 is 1.07 bits per heavy atom. The van der Waals surface area contributed by atoms with Crippen LogP contribution in [0, 0.1) is 0 Å². The van der Waals surface area contributed by atoms with E-state index in [2.05, 4.69) is 0 Å². The minimum absolute atomic E-state index is 1.55. The van der Waals surface area contributed by atoms with E-state index in [9.17, 15) is 4.39 Å².